The van der Waals surface area contributed by atoms with Crippen molar-refractivity contribution in [2.75, 3.05) is 39.4 Å². The first kappa shape index (κ1) is 14.4. The van der Waals surface area contributed by atoms with Crippen molar-refractivity contribution in [3.05, 3.63) is 11.8 Å². The second-order valence-corrected chi connectivity index (χ2v) is 7.47. The molecule has 114 valence electrons. The van der Waals surface area contributed by atoms with Gasteiger partial charge in [-0.2, -0.15) is 0 Å². The van der Waals surface area contributed by atoms with E-state index < -0.39 is 0 Å². The first-order chi connectivity index (χ1) is 9.64. The first-order valence-corrected chi connectivity index (χ1v) is 8.40. The fourth-order valence-corrected chi connectivity index (χ4v) is 3.92. The van der Waals surface area contributed by atoms with Crippen molar-refractivity contribution in [3.8, 4) is 0 Å². The van der Waals surface area contributed by atoms with Crippen molar-refractivity contribution in [1.29, 1.82) is 0 Å². The normalized spacial score (nSPS) is 30.8. The van der Waals surface area contributed by atoms with Crippen molar-refractivity contribution in [1.82, 2.24) is 9.80 Å². The van der Waals surface area contributed by atoms with Gasteiger partial charge in [-0.3, -0.25) is 4.90 Å². The molecule has 0 radical (unpaired) electrons. The largest absolute Gasteiger partial charge is 0.379 e. The summed E-state index contributed by atoms with van der Waals surface area (Å²) in [5.74, 6) is 0. The SMILES string of the molecule is CC1(C)CC=C(N2CCCC2CCN2CCOCC2)C1. The number of hydrogen-bond acceptors (Lipinski definition) is 3. The first-order valence-electron chi connectivity index (χ1n) is 8.40. The highest BCUT2D eigenvalue weighted by molar-refractivity contribution is 5.14. The van der Waals surface area contributed by atoms with Crippen molar-refractivity contribution < 1.29 is 4.74 Å². The Hall–Kier alpha value is -0.540. The molecule has 2 fully saturated rings. The van der Waals surface area contributed by atoms with E-state index >= 15 is 0 Å². The molecule has 3 nitrogen and oxygen atoms in total. The number of morpholine rings is 1. The lowest BCUT2D eigenvalue weighted by atomic mass is 9.90. The number of hydrogen-bond donors (Lipinski definition) is 0. The summed E-state index contributed by atoms with van der Waals surface area (Å²) in [4.78, 5) is 5.31. The molecule has 0 spiro atoms. The lowest BCUT2D eigenvalue weighted by molar-refractivity contribution is 0.0348. The van der Waals surface area contributed by atoms with Gasteiger partial charge in [0.1, 0.15) is 0 Å². The Bertz CT molecular complexity index is 358. The zero-order valence-electron chi connectivity index (χ0n) is 13.2. The molecule has 3 heteroatoms. The van der Waals surface area contributed by atoms with E-state index in [4.69, 9.17) is 4.74 Å². The maximum absolute atomic E-state index is 5.44. The van der Waals surface area contributed by atoms with Crippen molar-refractivity contribution in [2.24, 2.45) is 5.41 Å². The molecule has 1 unspecified atom stereocenters. The third-order valence-electron chi connectivity index (χ3n) is 5.18. The fraction of sp³-hybridized carbons (Fsp3) is 0.882. The smallest absolute Gasteiger partial charge is 0.0594 e. The summed E-state index contributed by atoms with van der Waals surface area (Å²) < 4.78 is 5.44. The molecule has 3 aliphatic rings. The maximum atomic E-state index is 5.44. The summed E-state index contributed by atoms with van der Waals surface area (Å²) in [6.07, 6.45) is 9.15. The van der Waals surface area contributed by atoms with Crippen molar-refractivity contribution in [3.63, 3.8) is 0 Å². The van der Waals surface area contributed by atoms with E-state index in [2.05, 4.69) is 29.7 Å². The van der Waals surface area contributed by atoms with Gasteiger partial charge in [-0.25, -0.2) is 0 Å². The van der Waals surface area contributed by atoms with Gasteiger partial charge in [0.05, 0.1) is 13.2 Å². The van der Waals surface area contributed by atoms with Crippen molar-refractivity contribution in [2.45, 2.75) is 52.0 Å². The zero-order valence-corrected chi connectivity index (χ0v) is 13.2. The van der Waals surface area contributed by atoms with Gasteiger partial charge in [-0.05, 0) is 37.5 Å². The lowest BCUT2D eigenvalue weighted by Gasteiger charge is -2.32. The van der Waals surface area contributed by atoms with Crippen LogP contribution < -0.4 is 0 Å². The van der Waals surface area contributed by atoms with Crippen LogP contribution in [0.4, 0.5) is 0 Å². The molecule has 0 N–H and O–H groups in total. The number of ether oxygens (including phenoxy) is 1. The van der Waals surface area contributed by atoms with E-state index in [1.807, 2.05) is 0 Å². The Labute approximate surface area is 124 Å². The highest BCUT2D eigenvalue weighted by atomic mass is 16.5. The molecule has 0 aromatic carbocycles. The second kappa shape index (κ2) is 6.07. The maximum Gasteiger partial charge on any atom is 0.0594 e. The minimum absolute atomic E-state index is 0.493. The van der Waals surface area contributed by atoms with Crippen LogP contribution in [0.3, 0.4) is 0 Å². The monoisotopic (exact) mass is 278 g/mol. The Morgan fingerprint density at radius 2 is 2.05 bits per heavy atom. The summed E-state index contributed by atoms with van der Waals surface area (Å²) in [5, 5.41) is 0. The summed E-state index contributed by atoms with van der Waals surface area (Å²) in [6.45, 7) is 11.4. The van der Waals surface area contributed by atoms with Crippen LogP contribution in [0, 0.1) is 5.41 Å². The Kier molecular flexibility index (Phi) is 4.37. The summed E-state index contributed by atoms with van der Waals surface area (Å²) >= 11 is 0. The summed E-state index contributed by atoms with van der Waals surface area (Å²) in [5.41, 5.74) is 2.13. The predicted molar refractivity (Wildman–Crippen MR) is 82.7 cm³/mol. The fourth-order valence-electron chi connectivity index (χ4n) is 3.92. The molecule has 3 rings (SSSR count). The standard InChI is InChI=1S/C17H30N2O/c1-17(2)7-5-16(14-17)19-8-3-4-15(19)6-9-18-10-12-20-13-11-18/h5,15H,3-4,6-14H2,1-2H3. The van der Waals surface area contributed by atoms with E-state index in [1.54, 1.807) is 5.70 Å². The Morgan fingerprint density at radius 3 is 2.75 bits per heavy atom. The van der Waals surface area contributed by atoms with Gasteiger partial charge in [0, 0.05) is 37.9 Å². The summed E-state index contributed by atoms with van der Waals surface area (Å²) in [6, 6.07) is 0.790. The number of rotatable bonds is 4. The van der Waals surface area contributed by atoms with E-state index in [9.17, 15) is 0 Å². The molecule has 0 amide bonds. The van der Waals surface area contributed by atoms with Crippen LogP contribution in [0.5, 0.6) is 0 Å². The van der Waals surface area contributed by atoms with Crippen LogP contribution in [0.25, 0.3) is 0 Å². The molecule has 0 aromatic heterocycles. The molecule has 0 aromatic rings. The van der Waals surface area contributed by atoms with Gasteiger partial charge in [-0.1, -0.05) is 19.9 Å². The average Bonchev–Trinajstić information content (AvgIpc) is 3.03. The number of nitrogens with zero attached hydrogens (tertiary/aromatic N) is 2. The van der Waals surface area contributed by atoms with E-state index in [0.29, 0.717) is 5.41 Å². The van der Waals surface area contributed by atoms with Crippen LogP contribution in [-0.2, 0) is 4.74 Å². The molecule has 2 saturated heterocycles. The van der Waals surface area contributed by atoms with Gasteiger partial charge in [0.15, 0.2) is 0 Å². The number of likely N-dealkylation sites (tertiary alicyclic amines) is 1. The highest BCUT2D eigenvalue weighted by Gasteiger charge is 2.32. The van der Waals surface area contributed by atoms with E-state index in [-0.39, 0.29) is 0 Å². The third kappa shape index (κ3) is 3.37. The Morgan fingerprint density at radius 1 is 1.25 bits per heavy atom. The average molecular weight is 278 g/mol. The molecule has 2 aliphatic heterocycles. The van der Waals surface area contributed by atoms with Gasteiger partial charge in [0.2, 0.25) is 0 Å². The molecule has 20 heavy (non-hydrogen) atoms. The summed E-state index contributed by atoms with van der Waals surface area (Å²) in [7, 11) is 0. The predicted octanol–water partition coefficient (Wildman–Crippen LogP) is 2.88. The van der Waals surface area contributed by atoms with Crippen LogP contribution in [0.15, 0.2) is 11.8 Å². The van der Waals surface area contributed by atoms with Gasteiger partial charge in [0.25, 0.3) is 0 Å². The van der Waals surface area contributed by atoms with Crippen LogP contribution in [-0.4, -0.2) is 55.2 Å². The van der Waals surface area contributed by atoms with Gasteiger partial charge in [-0.15, -0.1) is 0 Å². The minimum Gasteiger partial charge on any atom is -0.379 e. The van der Waals surface area contributed by atoms with Crippen molar-refractivity contribution >= 4 is 0 Å². The lowest BCUT2D eigenvalue weighted by Crippen LogP contribution is -2.39. The Balaban J connectivity index is 1.51. The molecule has 2 heterocycles. The van der Waals surface area contributed by atoms with Crippen LogP contribution in [0.2, 0.25) is 0 Å². The topological polar surface area (TPSA) is 15.7 Å². The minimum atomic E-state index is 0.493. The zero-order chi connectivity index (χ0) is 14.0. The number of allylic oxidation sites excluding steroid dienone is 2. The quantitative estimate of drug-likeness (QED) is 0.786. The molecule has 0 bridgehead atoms. The van der Waals surface area contributed by atoms with Gasteiger partial charge >= 0.3 is 0 Å². The van der Waals surface area contributed by atoms with E-state index in [0.717, 1.165) is 32.3 Å². The van der Waals surface area contributed by atoms with Crippen LogP contribution >= 0.6 is 0 Å². The second-order valence-electron chi connectivity index (χ2n) is 7.47. The third-order valence-corrected chi connectivity index (χ3v) is 5.18. The van der Waals surface area contributed by atoms with Crippen LogP contribution in [0.1, 0.15) is 46.0 Å². The highest BCUT2D eigenvalue weighted by Crippen LogP contribution is 2.40. The molecular formula is C17H30N2O. The molecule has 0 saturated carbocycles. The molecule has 1 aliphatic carbocycles. The van der Waals surface area contributed by atoms with Gasteiger partial charge < -0.3 is 9.64 Å². The molecule has 1 atom stereocenters. The molecular weight excluding hydrogens is 248 g/mol. The van der Waals surface area contributed by atoms with E-state index in [1.165, 1.54) is 45.2 Å².